The summed E-state index contributed by atoms with van der Waals surface area (Å²) >= 11 is 0. The van der Waals surface area contributed by atoms with E-state index in [9.17, 15) is 10.2 Å². The Labute approximate surface area is 210 Å². The SMILES string of the molecule is CCC(C)(C)c1cc(C)cc(C(c2ccccc2)c2cc(C)cc(C)c2OCCO)c1OCCO. The minimum atomic E-state index is -0.150. The summed E-state index contributed by atoms with van der Waals surface area (Å²) in [7, 11) is 0. The molecule has 0 heterocycles. The molecule has 0 saturated heterocycles. The van der Waals surface area contributed by atoms with Crippen molar-refractivity contribution < 1.29 is 19.7 Å². The van der Waals surface area contributed by atoms with Gasteiger partial charge in [-0.15, -0.1) is 0 Å². The van der Waals surface area contributed by atoms with Crippen LogP contribution in [0.1, 0.15) is 72.1 Å². The van der Waals surface area contributed by atoms with Crippen LogP contribution in [0.3, 0.4) is 0 Å². The van der Waals surface area contributed by atoms with E-state index >= 15 is 0 Å². The van der Waals surface area contributed by atoms with Gasteiger partial charge in [-0.25, -0.2) is 0 Å². The van der Waals surface area contributed by atoms with Crippen molar-refractivity contribution in [2.75, 3.05) is 26.4 Å². The largest absolute Gasteiger partial charge is 0.491 e. The molecule has 1 atom stereocenters. The van der Waals surface area contributed by atoms with Gasteiger partial charge in [0.05, 0.1) is 13.2 Å². The average Bonchev–Trinajstić information content (AvgIpc) is 2.83. The molecule has 0 aromatic heterocycles. The van der Waals surface area contributed by atoms with Crippen molar-refractivity contribution in [2.45, 2.75) is 59.3 Å². The smallest absolute Gasteiger partial charge is 0.127 e. The molecule has 0 saturated carbocycles. The lowest BCUT2D eigenvalue weighted by molar-refractivity contribution is 0.196. The van der Waals surface area contributed by atoms with Crippen molar-refractivity contribution >= 4 is 0 Å². The molecule has 0 bridgehead atoms. The highest BCUT2D eigenvalue weighted by Crippen LogP contribution is 2.47. The molecule has 4 nitrogen and oxygen atoms in total. The van der Waals surface area contributed by atoms with Gasteiger partial charge in [0.1, 0.15) is 24.7 Å². The third-order valence-corrected chi connectivity index (χ3v) is 6.75. The van der Waals surface area contributed by atoms with Crippen molar-refractivity contribution in [3.8, 4) is 11.5 Å². The Morgan fingerprint density at radius 2 is 1.31 bits per heavy atom. The third-order valence-electron chi connectivity index (χ3n) is 6.75. The highest BCUT2D eigenvalue weighted by Gasteiger charge is 2.31. The second kappa shape index (κ2) is 11.7. The van der Waals surface area contributed by atoms with Crippen LogP contribution in [0.4, 0.5) is 0 Å². The Kier molecular flexibility index (Phi) is 8.98. The number of aliphatic hydroxyl groups excluding tert-OH is 2. The average molecular weight is 477 g/mol. The first kappa shape index (κ1) is 26.8. The van der Waals surface area contributed by atoms with Crippen molar-refractivity contribution in [1.82, 2.24) is 0 Å². The van der Waals surface area contributed by atoms with Crippen LogP contribution in [-0.4, -0.2) is 36.6 Å². The molecule has 0 aliphatic carbocycles. The molecule has 188 valence electrons. The molecule has 1 unspecified atom stereocenters. The Morgan fingerprint density at radius 3 is 1.89 bits per heavy atom. The van der Waals surface area contributed by atoms with E-state index in [1.165, 1.54) is 0 Å². The van der Waals surface area contributed by atoms with Gasteiger partial charge in [0.15, 0.2) is 0 Å². The second-order valence-corrected chi connectivity index (χ2v) is 9.96. The molecule has 3 aromatic rings. The van der Waals surface area contributed by atoms with E-state index in [4.69, 9.17) is 9.47 Å². The summed E-state index contributed by atoms with van der Waals surface area (Å²) in [5, 5.41) is 19.1. The van der Waals surface area contributed by atoms with E-state index in [0.717, 1.165) is 56.9 Å². The lowest BCUT2D eigenvalue weighted by Gasteiger charge is -2.31. The molecule has 0 spiro atoms. The molecular weight excluding hydrogens is 436 g/mol. The van der Waals surface area contributed by atoms with E-state index in [1.807, 2.05) is 6.07 Å². The van der Waals surface area contributed by atoms with Crippen molar-refractivity contribution in [1.29, 1.82) is 0 Å². The first-order valence-electron chi connectivity index (χ1n) is 12.5. The Bertz CT molecular complexity index is 1120. The fraction of sp³-hybridized carbons (Fsp3) is 0.419. The number of aryl methyl sites for hydroxylation is 3. The molecule has 0 aliphatic rings. The minimum Gasteiger partial charge on any atom is -0.491 e. The normalized spacial score (nSPS) is 12.5. The summed E-state index contributed by atoms with van der Waals surface area (Å²) in [5.74, 6) is 1.48. The fourth-order valence-corrected chi connectivity index (χ4v) is 4.74. The maximum absolute atomic E-state index is 9.64. The number of rotatable bonds is 11. The van der Waals surface area contributed by atoms with E-state index in [1.54, 1.807) is 0 Å². The maximum atomic E-state index is 9.64. The molecule has 2 N–H and O–H groups in total. The Balaban J connectivity index is 2.40. The van der Waals surface area contributed by atoms with Crippen LogP contribution in [0.15, 0.2) is 54.6 Å². The standard InChI is InChI=1S/C31H40O4/c1-7-31(5,6)27-20-22(3)19-26(30(27)35-16-14-33)28(24-11-9-8-10-12-24)25-18-21(2)17-23(4)29(25)34-15-13-32/h8-12,17-20,28,32-33H,7,13-16H2,1-6H3. The van der Waals surface area contributed by atoms with Gasteiger partial charge in [0.25, 0.3) is 0 Å². The van der Waals surface area contributed by atoms with Gasteiger partial charge >= 0.3 is 0 Å². The fourth-order valence-electron chi connectivity index (χ4n) is 4.74. The number of aliphatic hydroxyl groups is 2. The van der Waals surface area contributed by atoms with E-state index in [2.05, 4.69) is 90.1 Å². The Morgan fingerprint density at radius 1 is 0.771 bits per heavy atom. The molecule has 4 heteroatoms. The maximum Gasteiger partial charge on any atom is 0.127 e. The van der Waals surface area contributed by atoms with Gasteiger partial charge in [-0.05, 0) is 43.7 Å². The van der Waals surface area contributed by atoms with Crippen LogP contribution >= 0.6 is 0 Å². The Hall–Kier alpha value is -2.82. The van der Waals surface area contributed by atoms with Gasteiger partial charge in [-0.1, -0.05) is 86.5 Å². The number of hydrogen-bond donors (Lipinski definition) is 2. The second-order valence-electron chi connectivity index (χ2n) is 9.96. The molecule has 35 heavy (non-hydrogen) atoms. The van der Waals surface area contributed by atoms with E-state index in [-0.39, 0.29) is 37.8 Å². The summed E-state index contributed by atoms with van der Waals surface area (Å²) in [5.41, 5.74) is 7.62. The van der Waals surface area contributed by atoms with Gasteiger partial charge in [-0.3, -0.25) is 0 Å². The van der Waals surface area contributed by atoms with Crippen LogP contribution < -0.4 is 9.47 Å². The van der Waals surface area contributed by atoms with Crippen LogP contribution in [0.2, 0.25) is 0 Å². The van der Waals surface area contributed by atoms with Crippen molar-refractivity contribution in [2.24, 2.45) is 0 Å². The minimum absolute atomic E-state index is 0.0487. The van der Waals surface area contributed by atoms with E-state index < -0.39 is 0 Å². The highest BCUT2D eigenvalue weighted by atomic mass is 16.5. The lowest BCUT2D eigenvalue weighted by Crippen LogP contribution is -2.21. The zero-order valence-corrected chi connectivity index (χ0v) is 22.0. The van der Waals surface area contributed by atoms with Crippen LogP contribution in [0.25, 0.3) is 0 Å². The van der Waals surface area contributed by atoms with Gasteiger partial charge < -0.3 is 19.7 Å². The monoisotopic (exact) mass is 476 g/mol. The number of benzene rings is 3. The summed E-state index contributed by atoms with van der Waals surface area (Å²) < 4.78 is 12.5. The number of ether oxygens (including phenoxy) is 2. The lowest BCUT2D eigenvalue weighted by atomic mass is 9.76. The topological polar surface area (TPSA) is 58.9 Å². The summed E-state index contributed by atoms with van der Waals surface area (Å²) in [6, 6.07) is 19.1. The quantitative estimate of drug-likeness (QED) is 0.323. The van der Waals surface area contributed by atoms with Gasteiger partial charge in [0.2, 0.25) is 0 Å². The van der Waals surface area contributed by atoms with Gasteiger partial charge in [-0.2, -0.15) is 0 Å². The first-order chi connectivity index (χ1) is 16.7. The predicted octanol–water partition coefficient (Wildman–Crippen LogP) is 6.22. The zero-order valence-electron chi connectivity index (χ0n) is 22.0. The molecule has 3 aromatic carbocycles. The number of hydrogen-bond acceptors (Lipinski definition) is 4. The molecule has 0 fully saturated rings. The summed E-state index contributed by atoms with van der Waals surface area (Å²) in [6.07, 6.45) is 0.954. The zero-order chi connectivity index (χ0) is 25.6. The van der Waals surface area contributed by atoms with Crippen LogP contribution in [-0.2, 0) is 5.41 Å². The van der Waals surface area contributed by atoms with Crippen LogP contribution in [0, 0.1) is 20.8 Å². The summed E-state index contributed by atoms with van der Waals surface area (Å²) in [4.78, 5) is 0. The first-order valence-corrected chi connectivity index (χ1v) is 12.5. The molecule has 3 rings (SSSR count). The third kappa shape index (κ3) is 6.06. The van der Waals surface area contributed by atoms with Gasteiger partial charge in [0, 0.05) is 22.6 Å². The van der Waals surface area contributed by atoms with Crippen molar-refractivity contribution in [3.63, 3.8) is 0 Å². The highest BCUT2D eigenvalue weighted by molar-refractivity contribution is 5.59. The molecule has 0 radical (unpaired) electrons. The molecular formula is C31H40O4. The summed E-state index contributed by atoms with van der Waals surface area (Å²) in [6.45, 7) is 13.3. The van der Waals surface area contributed by atoms with Crippen molar-refractivity contribution in [3.05, 3.63) is 93.5 Å². The van der Waals surface area contributed by atoms with E-state index in [0.29, 0.717) is 0 Å². The molecule has 0 amide bonds. The predicted molar refractivity (Wildman–Crippen MR) is 143 cm³/mol. The molecule has 0 aliphatic heterocycles. The van der Waals surface area contributed by atoms with Crippen LogP contribution in [0.5, 0.6) is 11.5 Å².